The third-order valence-electron chi connectivity index (χ3n) is 5.58. The summed E-state index contributed by atoms with van der Waals surface area (Å²) in [6, 6.07) is 11.2. The molecule has 1 N–H and O–H groups in total. The van der Waals surface area contributed by atoms with Gasteiger partial charge in [0.25, 0.3) is 5.91 Å². The smallest absolute Gasteiger partial charge is 0.276 e. The Labute approximate surface area is 180 Å². The van der Waals surface area contributed by atoms with Crippen molar-refractivity contribution in [3.8, 4) is 11.3 Å². The van der Waals surface area contributed by atoms with Crippen molar-refractivity contribution in [3.63, 3.8) is 0 Å². The van der Waals surface area contributed by atoms with Crippen molar-refractivity contribution < 1.29 is 14.1 Å². The highest BCUT2D eigenvalue weighted by molar-refractivity contribution is 5.94. The molecule has 8 heteroatoms. The van der Waals surface area contributed by atoms with Crippen LogP contribution in [0.25, 0.3) is 11.3 Å². The maximum atomic E-state index is 12.8. The quantitative estimate of drug-likeness (QED) is 0.684. The second-order valence-electron chi connectivity index (χ2n) is 7.68. The number of pyridine rings is 1. The Hall–Kier alpha value is -3.52. The van der Waals surface area contributed by atoms with Crippen molar-refractivity contribution in [2.75, 3.05) is 38.0 Å². The standard InChI is InChI=1S/C23H25N5O3/c1-16-5-3-7-19(17(16)2)25-22(29)15-27-9-11-28(12-10-27)23(30)20-13-21(31-26-20)18-6-4-8-24-14-18/h3-8,13-14H,9-12,15H2,1-2H3,(H,25,29). The van der Waals surface area contributed by atoms with Crippen LogP contribution < -0.4 is 5.32 Å². The Morgan fingerprint density at radius 1 is 1.10 bits per heavy atom. The van der Waals surface area contributed by atoms with Crippen molar-refractivity contribution in [2.24, 2.45) is 0 Å². The van der Waals surface area contributed by atoms with E-state index in [1.165, 1.54) is 0 Å². The van der Waals surface area contributed by atoms with Crippen molar-refractivity contribution in [3.05, 3.63) is 65.6 Å². The number of rotatable bonds is 5. The monoisotopic (exact) mass is 419 g/mol. The summed E-state index contributed by atoms with van der Waals surface area (Å²) in [6.45, 7) is 6.63. The van der Waals surface area contributed by atoms with Gasteiger partial charge in [0.05, 0.1) is 6.54 Å². The van der Waals surface area contributed by atoms with Gasteiger partial charge in [-0.3, -0.25) is 19.5 Å². The molecule has 1 fully saturated rings. The van der Waals surface area contributed by atoms with Crippen molar-refractivity contribution >= 4 is 17.5 Å². The largest absolute Gasteiger partial charge is 0.355 e. The fourth-order valence-corrected chi connectivity index (χ4v) is 3.57. The molecule has 3 heterocycles. The molecule has 1 aliphatic rings. The third kappa shape index (κ3) is 4.80. The number of hydrogen-bond donors (Lipinski definition) is 1. The summed E-state index contributed by atoms with van der Waals surface area (Å²) >= 11 is 0. The van der Waals surface area contributed by atoms with Gasteiger partial charge in [0.1, 0.15) is 0 Å². The highest BCUT2D eigenvalue weighted by Gasteiger charge is 2.25. The van der Waals surface area contributed by atoms with E-state index in [4.69, 9.17) is 4.52 Å². The van der Waals surface area contributed by atoms with Gasteiger partial charge in [-0.2, -0.15) is 0 Å². The highest BCUT2D eigenvalue weighted by Crippen LogP contribution is 2.20. The molecule has 1 aromatic carbocycles. The van der Waals surface area contributed by atoms with E-state index >= 15 is 0 Å². The van der Waals surface area contributed by atoms with Gasteiger partial charge in [0.15, 0.2) is 11.5 Å². The first kappa shape index (κ1) is 20.7. The second kappa shape index (κ2) is 9.09. The predicted octanol–water partition coefficient (Wildman–Crippen LogP) is 2.75. The minimum Gasteiger partial charge on any atom is -0.355 e. The summed E-state index contributed by atoms with van der Waals surface area (Å²) in [7, 11) is 0. The molecular formula is C23H25N5O3. The summed E-state index contributed by atoms with van der Waals surface area (Å²) in [5.41, 5.74) is 4.11. The van der Waals surface area contributed by atoms with Crippen LogP contribution in [0.1, 0.15) is 21.6 Å². The van der Waals surface area contributed by atoms with Crippen LogP contribution in [0.15, 0.2) is 53.3 Å². The first-order valence-electron chi connectivity index (χ1n) is 10.3. The molecule has 4 rings (SSSR count). The van der Waals surface area contributed by atoms with Crippen LogP contribution in [-0.2, 0) is 4.79 Å². The number of piperazine rings is 1. The van der Waals surface area contributed by atoms with Gasteiger partial charge < -0.3 is 14.7 Å². The first-order valence-corrected chi connectivity index (χ1v) is 10.3. The van der Waals surface area contributed by atoms with E-state index in [1.54, 1.807) is 29.4 Å². The minimum absolute atomic E-state index is 0.0499. The molecular weight excluding hydrogens is 394 g/mol. The molecule has 0 spiro atoms. The molecule has 0 aliphatic carbocycles. The molecule has 8 nitrogen and oxygen atoms in total. The van der Waals surface area contributed by atoms with Gasteiger partial charge in [0, 0.05) is 55.9 Å². The number of hydrogen-bond acceptors (Lipinski definition) is 6. The van der Waals surface area contributed by atoms with Crippen LogP contribution in [0.5, 0.6) is 0 Å². The average molecular weight is 419 g/mol. The van der Waals surface area contributed by atoms with Crippen LogP contribution >= 0.6 is 0 Å². The van der Waals surface area contributed by atoms with Gasteiger partial charge >= 0.3 is 0 Å². The predicted molar refractivity (Wildman–Crippen MR) is 117 cm³/mol. The van der Waals surface area contributed by atoms with Crippen LogP contribution in [0, 0.1) is 13.8 Å². The highest BCUT2D eigenvalue weighted by atomic mass is 16.5. The molecule has 3 aromatic rings. The molecule has 2 amide bonds. The van der Waals surface area contributed by atoms with E-state index in [9.17, 15) is 9.59 Å². The maximum Gasteiger partial charge on any atom is 0.276 e. The summed E-state index contributed by atoms with van der Waals surface area (Å²) in [5, 5.41) is 6.91. The van der Waals surface area contributed by atoms with Crippen molar-refractivity contribution in [1.82, 2.24) is 19.9 Å². The van der Waals surface area contributed by atoms with Crippen molar-refractivity contribution in [1.29, 1.82) is 0 Å². The fourth-order valence-electron chi connectivity index (χ4n) is 3.57. The number of nitrogens with zero attached hydrogens (tertiary/aromatic N) is 4. The topological polar surface area (TPSA) is 91.6 Å². The van der Waals surface area contributed by atoms with Crippen molar-refractivity contribution in [2.45, 2.75) is 13.8 Å². The lowest BCUT2D eigenvalue weighted by atomic mass is 10.1. The van der Waals surface area contributed by atoms with Gasteiger partial charge in [-0.05, 0) is 43.2 Å². The summed E-state index contributed by atoms with van der Waals surface area (Å²) in [5.74, 6) is 0.294. The Balaban J connectivity index is 1.29. The summed E-state index contributed by atoms with van der Waals surface area (Å²) in [4.78, 5) is 33.1. The lowest BCUT2D eigenvalue weighted by Gasteiger charge is -2.33. The van der Waals surface area contributed by atoms with E-state index < -0.39 is 0 Å². The number of amides is 2. The van der Waals surface area contributed by atoms with E-state index in [1.807, 2.05) is 43.0 Å². The zero-order valence-electron chi connectivity index (χ0n) is 17.7. The number of carbonyl (C=O) groups is 2. The SMILES string of the molecule is Cc1cccc(NC(=O)CN2CCN(C(=O)c3cc(-c4cccnc4)on3)CC2)c1C. The van der Waals surface area contributed by atoms with Gasteiger partial charge in [-0.25, -0.2) is 0 Å². The van der Waals surface area contributed by atoms with Gasteiger partial charge in [0.2, 0.25) is 5.91 Å². The van der Waals surface area contributed by atoms with Crippen LogP contribution in [-0.4, -0.2) is 64.5 Å². The normalized spacial score (nSPS) is 14.5. The molecule has 1 saturated heterocycles. The molecule has 0 atom stereocenters. The van der Waals surface area contributed by atoms with E-state index in [2.05, 4.69) is 15.5 Å². The van der Waals surface area contributed by atoms with Crippen LogP contribution in [0.2, 0.25) is 0 Å². The molecule has 160 valence electrons. The third-order valence-corrected chi connectivity index (χ3v) is 5.58. The fraction of sp³-hybridized carbons (Fsp3) is 0.304. The molecule has 0 radical (unpaired) electrons. The maximum absolute atomic E-state index is 12.8. The molecule has 1 aliphatic heterocycles. The number of aromatic nitrogens is 2. The summed E-state index contributed by atoms with van der Waals surface area (Å²) in [6.07, 6.45) is 3.34. The van der Waals surface area contributed by atoms with E-state index in [0.29, 0.717) is 38.5 Å². The Bertz CT molecular complexity index is 1070. The molecule has 0 unspecified atom stereocenters. The minimum atomic E-state index is -0.168. The first-order chi connectivity index (χ1) is 15.0. The molecule has 0 bridgehead atoms. The molecule has 0 saturated carbocycles. The van der Waals surface area contributed by atoms with Gasteiger partial charge in [-0.15, -0.1) is 0 Å². The van der Waals surface area contributed by atoms with E-state index in [0.717, 1.165) is 22.4 Å². The molecule has 2 aromatic heterocycles. The zero-order chi connectivity index (χ0) is 21.8. The Morgan fingerprint density at radius 3 is 2.65 bits per heavy atom. The Morgan fingerprint density at radius 2 is 1.90 bits per heavy atom. The Kier molecular flexibility index (Phi) is 6.08. The number of anilines is 1. The number of benzene rings is 1. The summed E-state index contributed by atoms with van der Waals surface area (Å²) < 4.78 is 5.31. The van der Waals surface area contributed by atoms with Gasteiger partial charge in [-0.1, -0.05) is 17.3 Å². The second-order valence-corrected chi connectivity index (χ2v) is 7.68. The average Bonchev–Trinajstić information content (AvgIpc) is 3.28. The lowest BCUT2D eigenvalue weighted by molar-refractivity contribution is -0.117. The lowest BCUT2D eigenvalue weighted by Crippen LogP contribution is -2.50. The number of nitrogens with one attached hydrogen (secondary N) is 1. The van der Waals surface area contributed by atoms with Crippen LogP contribution in [0.3, 0.4) is 0 Å². The van der Waals surface area contributed by atoms with Crippen LogP contribution in [0.4, 0.5) is 5.69 Å². The molecule has 31 heavy (non-hydrogen) atoms. The van der Waals surface area contributed by atoms with E-state index in [-0.39, 0.29) is 17.5 Å². The number of aryl methyl sites for hydroxylation is 1. The number of carbonyl (C=O) groups excluding carboxylic acids is 2. The zero-order valence-corrected chi connectivity index (χ0v) is 17.7.